The molecule has 0 aromatic rings. The molecule has 0 amide bonds. The molecule has 2 N–H and O–H groups in total. The van der Waals surface area contributed by atoms with Crippen LogP contribution in [0.5, 0.6) is 0 Å². The molecule has 0 saturated heterocycles. The van der Waals surface area contributed by atoms with E-state index in [9.17, 15) is 5.11 Å². The summed E-state index contributed by atoms with van der Waals surface area (Å²) in [5.41, 5.74) is -0.502. The molecule has 0 heterocycles. The van der Waals surface area contributed by atoms with Crippen LogP contribution in [-0.2, 0) is 0 Å². The molecule has 0 rings (SSSR count). The van der Waals surface area contributed by atoms with Crippen molar-refractivity contribution in [3.05, 3.63) is 0 Å². The third-order valence-electron chi connectivity index (χ3n) is 2.24. The zero-order chi connectivity index (χ0) is 11.2. The Hall–Kier alpha value is -0.0800. The Morgan fingerprint density at radius 1 is 1.14 bits per heavy atom. The summed E-state index contributed by atoms with van der Waals surface area (Å²) in [5.74, 6) is 1.25. The summed E-state index contributed by atoms with van der Waals surface area (Å²) in [5, 5.41) is 13.4. The van der Waals surface area contributed by atoms with E-state index in [-0.39, 0.29) is 0 Å². The van der Waals surface area contributed by atoms with E-state index in [1.54, 1.807) is 0 Å². The minimum atomic E-state index is -0.502. The Morgan fingerprint density at radius 3 is 2.14 bits per heavy atom. The lowest BCUT2D eigenvalue weighted by Gasteiger charge is -2.25. The summed E-state index contributed by atoms with van der Waals surface area (Å²) in [6.07, 6.45) is 1.73. The quantitative estimate of drug-likeness (QED) is 0.620. The first-order valence-corrected chi connectivity index (χ1v) is 5.76. The van der Waals surface area contributed by atoms with Crippen LogP contribution in [0.4, 0.5) is 0 Å². The van der Waals surface area contributed by atoms with Gasteiger partial charge in [0.2, 0.25) is 0 Å². The van der Waals surface area contributed by atoms with E-state index >= 15 is 0 Å². The minimum absolute atomic E-state index is 0.502. The summed E-state index contributed by atoms with van der Waals surface area (Å²) < 4.78 is 0. The molecule has 86 valence electrons. The third kappa shape index (κ3) is 8.52. The van der Waals surface area contributed by atoms with Gasteiger partial charge in [-0.2, -0.15) is 0 Å². The minimum Gasteiger partial charge on any atom is -0.390 e. The summed E-state index contributed by atoms with van der Waals surface area (Å²) in [7, 11) is 0. The van der Waals surface area contributed by atoms with Crippen LogP contribution in [-0.4, -0.2) is 23.8 Å². The monoisotopic (exact) mass is 201 g/mol. The van der Waals surface area contributed by atoms with E-state index in [0.717, 1.165) is 25.9 Å². The van der Waals surface area contributed by atoms with Crippen molar-refractivity contribution in [2.24, 2.45) is 11.8 Å². The Bertz CT molecular complexity index is 141. The molecule has 0 saturated carbocycles. The molecule has 1 unspecified atom stereocenters. The van der Waals surface area contributed by atoms with E-state index < -0.39 is 5.60 Å². The molecule has 2 heteroatoms. The average molecular weight is 201 g/mol. The van der Waals surface area contributed by atoms with Gasteiger partial charge in [-0.15, -0.1) is 0 Å². The summed E-state index contributed by atoms with van der Waals surface area (Å²) >= 11 is 0. The lowest BCUT2D eigenvalue weighted by Crippen LogP contribution is -2.32. The van der Waals surface area contributed by atoms with Gasteiger partial charge in [0, 0.05) is 0 Å². The van der Waals surface area contributed by atoms with Crippen LogP contribution < -0.4 is 5.32 Å². The van der Waals surface area contributed by atoms with Crippen LogP contribution in [0.1, 0.15) is 47.5 Å². The van der Waals surface area contributed by atoms with Crippen LogP contribution in [0.2, 0.25) is 0 Å². The van der Waals surface area contributed by atoms with E-state index in [1.165, 1.54) is 0 Å². The molecule has 0 spiro atoms. The van der Waals surface area contributed by atoms with Crippen LogP contribution >= 0.6 is 0 Å². The van der Waals surface area contributed by atoms with Gasteiger partial charge in [0.05, 0.1) is 5.60 Å². The van der Waals surface area contributed by atoms with Crippen molar-refractivity contribution < 1.29 is 5.11 Å². The highest BCUT2D eigenvalue weighted by molar-refractivity contribution is 4.75. The van der Waals surface area contributed by atoms with Crippen molar-refractivity contribution in [2.75, 3.05) is 13.1 Å². The fraction of sp³-hybridized carbons (Fsp3) is 1.00. The van der Waals surface area contributed by atoms with Crippen LogP contribution in [0.25, 0.3) is 0 Å². The Balaban J connectivity index is 3.55. The molecule has 0 aliphatic heterocycles. The van der Waals surface area contributed by atoms with Crippen LogP contribution in [0.3, 0.4) is 0 Å². The standard InChI is InChI=1S/C12H27NO/c1-10(2)8-12(5,14)6-7-13-9-11(3)4/h10-11,13-14H,6-9H2,1-5H3. The number of rotatable bonds is 7. The lowest BCUT2D eigenvalue weighted by molar-refractivity contribution is 0.0301. The van der Waals surface area contributed by atoms with Gasteiger partial charge >= 0.3 is 0 Å². The molecular weight excluding hydrogens is 174 g/mol. The highest BCUT2D eigenvalue weighted by atomic mass is 16.3. The van der Waals surface area contributed by atoms with Gasteiger partial charge < -0.3 is 10.4 Å². The molecular formula is C12H27NO. The van der Waals surface area contributed by atoms with Crippen molar-refractivity contribution in [3.63, 3.8) is 0 Å². The lowest BCUT2D eigenvalue weighted by atomic mass is 9.91. The van der Waals surface area contributed by atoms with Gasteiger partial charge in [-0.05, 0) is 44.7 Å². The number of hydrogen-bond acceptors (Lipinski definition) is 2. The second kappa shape index (κ2) is 6.41. The first kappa shape index (κ1) is 13.9. The Morgan fingerprint density at radius 2 is 1.71 bits per heavy atom. The van der Waals surface area contributed by atoms with Crippen molar-refractivity contribution in [1.82, 2.24) is 5.32 Å². The van der Waals surface area contributed by atoms with Crippen molar-refractivity contribution >= 4 is 0 Å². The molecule has 2 nitrogen and oxygen atoms in total. The molecule has 14 heavy (non-hydrogen) atoms. The van der Waals surface area contributed by atoms with E-state index in [0.29, 0.717) is 11.8 Å². The highest BCUT2D eigenvalue weighted by Crippen LogP contribution is 2.19. The van der Waals surface area contributed by atoms with Crippen LogP contribution in [0, 0.1) is 11.8 Å². The third-order valence-corrected chi connectivity index (χ3v) is 2.24. The molecule has 0 aromatic heterocycles. The maximum atomic E-state index is 10.0. The van der Waals surface area contributed by atoms with Gasteiger partial charge in [-0.3, -0.25) is 0 Å². The molecule has 0 bridgehead atoms. The normalized spacial score (nSPS) is 16.3. The first-order valence-electron chi connectivity index (χ1n) is 5.76. The van der Waals surface area contributed by atoms with E-state index in [1.807, 2.05) is 6.92 Å². The van der Waals surface area contributed by atoms with Gasteiger partial charge in [-0.1, -0.05) is 27.7 Å². The first-order chi connectivity index (χ1) is 6.33. The Kier molecular flexibility index (Phi) is 6.38. The topological polar surface area (TPSA) is 32.3 Å². The number of aliphatic hydroxyl groups is 1. The van der Waals surface area contributed by atoms with Gasteiger partial charge in [-0.25, -0.2) is 0 Å². The predicted molar refractivity (Wildman–Crippen MR) is 62.4 cm³/mol. The summed E-state index contributed by atoms with van der Waals surface area (Å²) in [6, 6.07) is 0. The van der Waals surface area contributed by atoms with Crippen molar-refractivity contribution in [3.8, 4) is 0 Å². The van der Waals surface area contributed by atoms with E-state index in [4.69, 9.17) is 0 Å². The molecule has 0 aliphatic carbocycles. The zero-order valence-corrected chi connectivity index (χ0v) is 10.4. The Labute approximate surface area is 89.1 Å². The van der Waals surface area contributed by atoms with E-state index in [2.05, 4.69) is 33.0 Å². The second-order valence-corrected chi connectivity index (χ2v) is 5.44. The maximum Gasteiger partial charge on any atom is 0.0634 e. The van der Waals surface area contributed by atoms with Gasteiger partial charge in [0.15, 0.2) is 0 Å². The molecule has 0 radical (unpaired) electrons. The molecule has 0 aliphatic rings. The number of nitrogens with one attached hydrogen (secondary N) is 1. The fourth-order valence-electron chi connectivity index (χ4n) is 1.73. The average Bonchev–Trinajstić information content (AvgIpc) is 1.95. The fourth-order valence-corrected chi connectivity index (χ4v) is 1.73. The van der Waals surface area contributed by atoms with Gasteiger partial charge in [0.1, 0.15) is 0 Å². The predicted octanol–water partition coefficient (Wildman–Crippen LogP) is 2.42. The second-order valence-electron chi connectivity index (χ2n) is 5.44. The largest absolute Gasteiger partial charge is 0.390 e. The van der Waals surface area contributed by atoms with Crippen LogP contribution in [0.15, 0.2) is 0 Å². The SMILES string of the molecule is CC(C)CNCCC(C)(O)CC(C)C. The molecule has 0 fully saturated rings. The highest BCUT2D eigenvalue weighted by Gasteiger charge is 2.20. The maximum absolute atomic E-state index is 10.0. The number of hydrogen-bond donors (Lipinski definition) is 2. The van der Waals surface area contributed by atoms with Crippen molar-refractivity contribution in [2.45, 2.75) is 53.1 Å². The summed E-state index contributed by atoms with van der Waals surface area (Å²) in [6.45, 7) is 12.6. The molecule has 1 atom stereocenters. The van der Waals surface area contributed by atoms with Crippen molar-refractivity contribution in [1.29, 1.82) is 0 Å². The zero-order valence-electron chi connectivity index (χ0n) is 10.4. The summed E-state index contributed by atoms with van der Waals surface area (Å²) in [4.78, 5) is 0. The van der Waals surface area contributed by atoms with Gasteiger partial charge in [0.25, 0.3) is 0 Å². The smallest absolute Gasteiger partial charge is 0.0634 e. The molecule has 0 aromatic carbocycles.